The number of nitrogens with two attached hydrogens (primary N) is 1. The number of ether oxygens (including phenoxy) is 2. The van der Waals surface area contributed by atoms with Crippen molar-refractivity contribution < 1.29 is 14.3 Å². The molecule has 3 rings (SSSR count). The van der Waals surface area contributed by atoms with E-state index >= 15 is 0 Å². The number of nitrogens with one attached hydrogen (secondary N) is 1. The third-order valence-electron chi connectivity index (χ3n) is 4.64. The second-order valence-electron chi connectivity index (χ2n) is 6.03. The SMILES string of the molecule is Nc1ccc(C(=O)N[C@@H]2CCOC[C@@H]2C2CCOCC2)cn1. The molecule has 2 atom stereocenters. The average Bonchev–Trinajstić information content (AvgIpc) is 2.57. The summed E-state index contributed by atoms with van der Waals surface area (Å²) < 4.78 is 11.1. The summed E-state index contributed by atoms with van der Waals surface area (Å²) in [5, 5.41) is 3.16. The second-order valence-corrected chi connectivity index (χ2v) is 6.03. The topological polar surface area (TPSA) is 86.5 Å². The van der Waals surface area contributed by atoms with Crippen molar-refractivity contribution in [2.24, 2.45) is 11.8 Å². The van der Waals surface area contributed by atoms with E-state index in [1.807, 2.05) is 0 Å². The molecular formula is C16H23N3O3. The van der Waals surface area contributed by atoms with E-state index in [0.717, 1.165) is 39.1 Å². The highest BCUT2D eigenvalue weighted by atomic mass is 16.5. The minimum Gasteiger partial charge on any atom is -0.384 e. The fourth-order valence-electron chi connectivity index (χ4n) is 3.34. The van der Waals surface area contributed by atoms with Gasteiger partial charge in [0.05, 0.1) is 12.2 Å². The van der Waals surface area contributed by atoms with E-state index in [0.29, 0.717) is 29.8 Å². The van der Waals surface area contributed by atoms with Crippen LogP contribution in [0.15, 0.2) is 18.3 Å². The number of hydrogen-bond acceptors (Lipinski definition) is 5. The summed E-state index contributed by atoms with van der Waals surface area (Å²) in [5.74, 6) is 1.26. The van der Waals surface area contributed by atoms with E-state index < -0.39 is 0 Å². The molecule has 0 unspecified atom stereocenters. The largest absolute Gasteiger partial charge is 0.384 e. The molecule has 3 heterocycles. The van der Waals surface area contributed by atoms with Crippen molar-refractivity contribution in [1.82, 2.24) is 10.3 Å². The molecule has 2 aliphatic rings. The number of rotatable bonds is 3. The van der Waals surface area contributed by atoms with Gasteiger partial charge in [-0.15, -0.1) is 0 Å². The quantitative estimate of drug-likeness (QED) is 0.877. The average molecular weight is 305 g/mol. The van der Waals surface area contributed by atoms with Crippen LogP contribution in [-0.4, -0.2) is 43.4 Å². The van der Waals surface area contributed by atoms with Gasteiger partial charge in [0.15, 0.2) is 0 Å². The summed E-state index contributed by atoms with van der Waals surface area (Å²) in [6.45, 7) is 3.04. The molecule has 1 amide bonds. The van der Waals surface area contributed by atoms with Gasteiger partial charge in [0.2, 0.25) is 0 Å². The standard InChI is InChI=1S/C16H23N3O3/c17-15-2-1-12(9-18-15)16(20)19-14-5-8-22-10-13(14)11-3-6-21-7-4-11/h1-2,9,11,13-14H,3-8,10H2,(H2,17,18)(H,19,20)/t13-,14-/m1/s1. The number of pyridine rings is 1. The number of aromatic nitrogens is 1. The number of nitrogen functional groups attached to an aromatic ring is 1. The van der Waals surface area contributed by atoms with Crippen LogP contribution in [0.25, 0.3) is 0 Å². The smallest absolute Gasteiger partial charge is 0.253 e. The summed E-state index contributed by atoms with van der Waals surface area (Å²) in [4.78, 5) is 16.4. The number of anilines is 1. The van der Waals surface area contributed by atoms with Crippen LogP contribution in [-0.2, 0) is 9.47 Å². The number of hydrogen-bond donors (Lipinski definition) is 2. The maximum atomic E-state index is 12.4. The first-order valence-corrected chi connectivity index (χ1v) is 7.92. The van der Waals surface area contributed by atoms with Crippen LogP contribution in [0.5, 0.6) is 0 Å². The summed E-state index contributed by atoms with van der Waals surface area (Å²) in [5.41, 5.74) is 6.11. The molecule has 2 saturated heterocycles. The molecule has 0 radical (unpaired) electrons. The Morgan fingerprint density at radius 2 is 1.95 bits per heavy atom. The Hall–Kier alpha value is -1.66. The van der Waals surface area contributed by atoms with Crippen LogP contribution in [0.3, 0.4) is 0 Å². The minimum absolute atomic E-state index is 0.0866. The molecule has 2 aliphatic heterocycles. The molecule has 0 aliphatic carbocycles. The molecule has 120 valence electrons. The van der Waals surface area contributed by atoms with Gasteiger partial charge in [-0.25, -0.2) is 4.98 Å². The second kappa shape index (κ2) is 7.07. The van der Waals surface area contributed by atoms with Gasteiger partial charge in [0.1, 0.15) is 5.82 Å². The Bertz CT molecular complexity index is 500. The molecule has 0 spiro atoms. The fourth-order valence-corrected chi connectivity index (χ4v) is 3.34. The van der Waals surface area contributed by atoms with Gasteiger partial charge in [-0.1, -0.05) is 0 Å². The van der Waals surface area contributed by atoms with Crippen molar-refractivity contribution >= 4 is 11.7 Å². The lowest BCUT2D eigenvalue weighted by Crippen LogP contribution is -2.49. The monoisotopic (exact) mass is 305 g/mol. The first-order chi connectivity index (χ1) is 10.7. The predicted molar refractivity (Wildman–Crippen MR) is 82.4 cm³/mol. The van der Waals surface area contributed by atoms with Gasteiger partial charge in [0, 0.05) is 38.0 Å². The van der Waals surface area contributed by atoms with Gasteiger partial charge >= 0.3 is 0 Å². The zero-order valence-electron chi connectivity index (χ0n) is 12.7. The van der Waals surface area contributed by atoms with Crippen molar-refractivity contribution in [3.63, 3.8) is 0 Å². The van der Waals surface area contributed by atoms with Crippen molar-refractivity contribution in [2.45, 2.75) is 25.3 Å². The maximum Gasteiger partial charge on any atom is 0.253 e. The predicted octanol–water partition coefficient (Wildman–Crippen LogP) is 1.23. The molecule has 6 nitrogen and oxygen atoms in total. The van der Waals surface area contributed by atoms with E-state index in [-0.39, 0.29) is 11.9 Å². The van der Waals surface area contributed by atoms with Crippen molar-refractivity contribution in [2.75, 3.05) is 32.2 Å². The molecule has 0 saturated carbocycles. The molecular weight excluding hydrogens is 282 g/mol. The number of carbonyl (C=O) groups excluding carboxylic acids is 1. The summed E-state index contributed by atoms with van der Waals surface area (Å²) in [6.07, 6.45) is 4.47. The first-order valence-electron chi connectivity index (χ1n) is 7.92. The third-order valence-corrected chi connectivity index (χ3v) is 4.64. The van der Waals surface area contributed by atoms with Gasteiger partial charge in [-0.2, -0.15) is 0 Å². The normalized spacial score (nSPS) is 26.5. The first kappa shape index (κ1) is 15.2. The maximum absolute atomic E-state index is 12.4. The van der Waals surface area contributed by atoms with Gasteiger partial charge in [0.25, 0.3) is 5.91 Å². The highest BCUT2D eigenvalue weighted by Gasteiger charge is 2.34. The Balaban J connectivity index is 1.65. The minimum atomic E-state index is -0.0866. The lowest BCUT2D eigenvalue weighted by molar-refractivity contribution is -0.0259. The fraction of sp³-hybridized carbons (Fsp3) is 0.625. The van der Waals surface area contributed by atoms with Crippen LogP contribution in [0.1, 0.15) is 29.6 Å². The van der Waals surface area contributed by atoms with Gasteiger partial charge < -0.3 is 20.5 Å². The van der Waals surface area contributed by atoms with Crippen molar-refractivity contribution in [3.05, 3.63) is 23.9 Å². The van der Waals surface area contributed by atoms with Crippen LogP contribution in [0.4, 0.5) is 5.82 Å². The number of nitrogens with zero attached hydrogens (tertiary/aromatic N) is 1. The van der Waals surface area contributed by atoms with E-state index in [1.54, 1.807) is 12.1 Å². The number of carbonyl (C=O) groups is 1. The molecule has 2 fully saturated rings. The highest BCUT2D eigenvalue weighted by Crippen LogP contribution is 2.30. The van der Waals surface area contributed by atoms with Crippen LogP contribution >= 0.6 is 0 Å². The van der Waals surface area contributed by atoms with Crippen LogP contribution < -0.4 is 11.1 Å². The molecule has 3 N–H and O–H groups in total. The third kappa shape index (κ3) is 3.56. The van der Waals surface area contributed by atoms with Crippen molar-refractivity contribution in [1.29, 1.82) is 0 Å². The Kier molecular flexibility index (Phi) is 4.90. The van der Waals surface area contributed by atoms with Gasteiger partial charge in [-0.3, -0.25) is 4.79 Å². The van der Waals surface area contributed by atoms with E-state index in [1.165, 1.54) is 6.20 Å². The lowest BCUT2D eigenvalue weighted by atomic mass is 9.79. The summed E-state index contributed by atoms with van der Waals surface area (Å²) in [7, 11) is 0. The Morgan fingerprint density at radius 3 is 2.68 bits per heavy atom. The molecule has 0 aromatic carbocycles. The number of amides is 1. The van der Waals surface area contributed by atoms with E-state index in [9.17, 15) is 4.79 Å². The van der Waals surface area contributed by atoms with E-state index in [2.05, 4.69) is 10.3 Å². The zero-order valence-corrected chi connectivity index (χ0v) is 12.7. The Labute approximate surface area is 130 Å². The summed E-state index contributed by atoms with van der Waals surface area (Å²) in [6, 6.07) is 3.51. The van der Waals surface area contributed by atoms with Crippen LogP contribution in [0, 0.1) is 11.8 Å². The Morgan fingerprint density at radius 1 is 1.18 bits per heavy atom. The lowest BCUT2D eigenvalue weighted by Gasteiger charge is -2.39. The van der Waals surface area contributed by atoms with Crippen LogP contribution in [0.2, 0.25) is 0 Å². The molecule has 1 aromatic rings. The molecule has 22 heavy (non-hydrogen) atoms. The van der Waals surface area contributed by atoms with Gasteiger partial charge in [-0.05, 0) is 37.3 Å². The molecule has 0 bridgehead atoms. The zero-order chi connectivity index (χ0) is 15.4. The van der Waals surface area contributed by atoms with E-state index in [4.69, 9.17) is 15.2 Å². The van der Waals surface area contributed by atoms with Crippen molar-refractivity contribution in [3.8, 4) is 0 Å². The molecule has 6 heteroatoms. The highest BCUT2D eigenvalue weighted by molar-refractivity contribution is 5.94. The summed E-state index contributed by atoms with van der Waals surface area (Å²) >= 11 is 0. The molecule has 1 aromatic heterocycles.